The molecule has 1 aromatic rings. The second-order valence-corrected chi connectivity index (χ2v) is 7.75. The first-order chi connectivity index (χ1) is 10.6. The van der Waals surface area contributed by atoms with Gasteiger partial charge in [0.1, 0.15) is 0 Å². The average Bonchev–Trinajstić information content (AvgIpc) is 2.46. The van der Waals surface area contributed by atoms with Crippen LogP contribution >= 0.6 is 0 Å². The van der Waals surface area contributed by atoms with E-state index in [1.807, 2.05) is 0 Å². The Labute approximate surface area is 131 Å². The number of carbonyl (C=O) groups is 1. The summed E-state index contributed by atoms with van der Waals surface area (Å²) in [6.07, 6.45) is 12.0. The third-order valence-electron chi connectivity index (χ3n) is 6.07. The van der Waals surface area contributed by atoms with E-state index < -0.39 is 0 Å². The van der Waals surface area contributed by atoms with Crippen LogP contribution in [0.25, 0.3) is 0 Å². The van der Waals surface area contributed by atoms with Crippen LogP contribution in [0.5, 0.6) is 0 Å². The lowest BCUT2D eigenvalue weighted by Crippen LogP contribution is -2.46. The number of ether oxygens (including phenoxy) is 1. The quantitative estimate of drug-likeness (QED) is 0.488. The van der Waals surface area contributed by atoms with Gasteiger partial charge in [-0.3, -0.25) is 0 Å². The Morgan fingerprint density at radius 1 is 1.14 bits per heavy atom. The smallest absolute Gasteiger partial charge is 0.338 e. The first kappa shape index (κ1) is 14.0. The molecule has 0 spiro atoms. The van der Waals surface area contributed by atoms with Crippen LogP contribution in [0.15, 0.2) is 24.5 Å². The molecule has 0 saturated heterocycles. The maximum absolute atomic E-state index is 12.0. The Kier molecular flexibility index (Phi) is 3.35. The summed E-state index contributed by atoms with van der Waals surface area (Å²) in [5.74, 6) is 2.49. The monoisotopic (exact) mass is 301 g/mol. The lowest BCUT2D eigenvalue weighted by molar-refractivity contribution is -0.605. The molecule has 1 aromatic heterocycles. The molecule has 4 bridgehead atoms. The lowest BCUT2D eigenvalue weighted by Gasteiger charge is -2.57. The zero-order valence-electron chi connectivity index (χ0n) is 12.9. The number of esters is 1. The summed E-state index contributed by atoms with van der Waals surface area (Å²) < 4.78 is 6.13. The Balaban J connectivity index is 1.33. The van der Waals surface area contributed by atoms with Crippen LogP contribution < -0.4 is 4.73 Å². The summed E-state index contributed by atoms with van der Waals surface area (Å²) in [5, 5.41) is 11.0. The highest BCUT2D eigenvalue weighted by atomic mass is 16.5. The first-order valence-electron chi connectivity index (χ1n) is 8.48. The fourth-order valence-electron chi connectivity index (χ4n) is 5.59. The zero-order chi connectivity index (χ0) is 15.2. The Hall–Kier alpha value is -1.58. The molecule has 1 heterocycles. The number of pyridine rings is 1. The predicted octanol–water partition coefficient (Wildman–Crippen LogP) is 3.08. The van der Waals surface area contributed by atoms with E-state index >= 15 is 0 Å². The molecule has 0 atom stereocenters. The van der Waals surface area contributed by atoms with E-state index in [2.05, 4.69) is 0 Å². The molecule has 0 radical (unpaired) electrons. The molecule has 0 amide bonds. The number of rotatable bonds is 4. The van der Waals surface area contributed by atoms with Crippen LogP contribution in [0.1, 0.15) is 55.3 Å². The third kappa shape index (κ3) is 2.59. The summed E-state index contributed by atoms with van der Waals surface area (Å²) in [5.41, 5.74) is 0.904. The Morgan fingerprint density at radius 3 is 2.23 bits per heavy atom. The summed E-state index contributed by atoms with van der Waals surface area (Å²) in [6, 6.07) is 3.03. The van der Waals surface area contributed by atoms with Gasteiger partial charge in [-0.05, 0) is 68.1 Å². The summed E-state index contributed by atoms with van der Waals surface area (Å²) in [6.45, 7) is 0.511. The Morgan fingerprint density at radius 2 is 1.68 bits per heavy atom. The highest BCUT2D eigenvalue weighted by Gasteiger charge is 2.50. The second kappa shape index (κ2) is 5.25. The molecule has 4 nitrogen and oxygen atoms in total. The number of hydrogen-bond acceptors (Lipinski definition) is 3. The van der Waals surface area contributed by atoms with E-state index in [1.54, 1.807) is 0 Å². The molecular formula is C18H23NO3. The molecule has 4 fully saturated rings. The Bertz CT molecular complexity index is 531. The van der Waals surface area contributed by atoms with Gasteiger partial charge in [0, 0.05) is 12.1 Å². The number of hydrogen-bond donors (Lipinski definition) is 0. The van der Waals surface area contributed by atoms with Crippen molar-refractivity contribution in [3.63, 3.8) is 0 Å². The maximum Gasteiger partial charge on any atom is 0.338 e. The van der Waals surface area contributed by atoms with Gasteiger partial charge >= 0.3 is 5.97 Å². The molecule has 22 heavy (non-hydrogen) atoms. The van der Waals surface area contributed by atoms with Gasteiger partial charge in [0.15, 0.2) is 12.4 Å². The van der Waals surface area contributed by atoms with Crippen molar-refractivity contribution in [3.05, 3.63) is 35.3 Å². The van der Waals surface area contributed by atoms with Crippen molar-refractivity contribution in [3.8, 4) is 0 Å². The molecule has 0 aliphatic heterocycles. The van der Waals surface area contributed by atoms with Gasteiger partial charge < -0.3 is 9.94 Å². The molecule has 4 aliphatic carbocycles. The summed E-state index contributed by atoms with van der Waals surface area (Å²) in [7, 11) is 0. The molecule has 0 aromatic carbocycles. The van der Waals surface area contributed by atoms with E-state index in [0.29, 0.717) is 22.3 Å². The van der Waals surface area contributed by atoms with Crippen molar-refractivity contribution < 1.29 is 14.3 Å². The number of aromatic nitrogens is 1. The van der Waals surface area contributed by atoms with E-state index in [0.717, 1.165) is 24.2 Å². The zero-order valence-corrected chi connectivity index (χ0v) is 12.9. The predicted molar refractivity (Wildman–Crippen MR) is 80.9 cm³/mol. The fourth-order valence-corrected chi connectivity index (χ4v) is 5.59. The van der Waals surface area contributed by atoms with Crippen LogP contribution in [-0.2, 0) is 4.74 Å². The fraction of sp³-hybridized carbons (Fsp3) is 0.667. The van der Waals surface area contributed by atoms with Gasteiger partial charge in [-0.25, -0.2) is 4.79 Å². The van der Waals surface area contributed by atoms with Crippen LogP contribution in [0, 0.1) is 28.4 Å². The van der Waals surface area contributed by atoms with Crippen molar-refractivity contribution in [1.29, 1.82) is 0 Å². The SMILES string of the molecule is O=C(OCCC12CC3CC(CC(C3)C1)C2)c1cc[n+]([O-])cc1. The first-order valence-corrected chi connectivity index (χ1v) is 8.48. The summed E-state index contributed by atoms with van der Waals surface area (Å²) in [4.78, 5) is 12.0. The second-order valence-electron chi connectivity index (χ2n) is 7.75. The standard InChI is InChI=1S/C18H23NO3/c20-17(16-1-4-19(21)5-2-16)22-6-3-18-10-13-7-14(11-18)9-15(8-13)12-18/h1-2,4-5,13-15H,3,6-12H2. The van der Waals surface area contributed by atoms with Crippen molar-refractivity contribution >= 4 is 5.97 Å². The van der Waals surface area contributed by atoms with Crippen LogP contribution in [0.4, 0.5) is 0 Å². The molecule has 5 rings (SSSR count). The minimum absolute atomic E-state index is 0.315. The average molecular weight is 301 g/mol. The van der Waals surface area contributed by atoms with Gasteiger partial charge in [0.25, 0.3) is 0 Å². The number of carbonyl (C=O) groups excluding carboxylic acids is 1. The maximum atomic E-state index is 12.0. The summed E-state index contributed by atoms with van der Waals surface area (Å²) >= 11 is 0. The van der Waals surface area contributed by atoms with Gasteiger partial charge in [-0.1, -0.05) is 0 Å². The van der Waals surface area contributed by atoms with Gasteiger partial charge in [-0.15, -0.1) is 0 Å². The van der Waals surface area contributed by atoms with Gasteiger partial charge in [0.05, 0.1) is 12.2 Å². The third-order valence-corrected chi connectivity index (χ3v) is 6.07. The van der Waals surface area contributed by atoms with Gasteiger partial charge in [0.2, 0.25) is 0 Å². The highest BCUT2D eigenvalue weighted by molar-refractivity contribution is 5.88. The number of nitrogens with zero attached hydrogens (tertiary/aromatic N) is 1. The topological polar surface area (TPSA) is 53.2 Å². The molecule has 4 aliphatic rings. The minimum Gasteiger partial charge on any atom is -0.619 e. The minimum atomic E-state index is -0.315. The molecule has 4 heteroatoms. The van der Waals surface area contributed by atoms with E-state index in [-0.39, 0.29) is 5.97 Å². The van der Waals surface area contributed by atoms with Crippen molar-refractivity contribution in [2.75, 3.05) is 6.61 Å². The molecule has 4 saturated carbocycles. The van der Waals surface area contributed by atoms with Crippen LogP contribution in [0.2, 0.25) is 0 Å². The molecule has 118 valence electrons. The van der Waals surface area contributed by atoms with Crippen molar-refractivity contribution in [2.24, 2.45) is 23.2 Å². The lowest BCUT2D eigenvalue weighted by atomic mass is 9.49. The van der Waals surface area contributed by atoms with Crippen LogP contribution in [0.3, 0.4) is 0 Å². The molecule has 0 N–H and O–H groups in total. The molecule has 0 unspecified atom stereocenters. The van der Waals surface area contributed by atoms with Crippen LogP contribution in [-0.4, -0.2) is 12.6 Å². The normalized spacial score (nSPS) is 35.5. The van der Waals surface area contributed by atoms with Crippen molar-refractivity contribution in [1.82, 2.24) is 0 Å². The molecular weight excluding hydrogens is 278 g/mol. The van der Waals surface area contributed by atoms with E-state index in [9.17, 15) is 10.0 Å². The van der Waals surface area contributed by atoms with Crippen molar-refractivity contribution in [2.45, 2.75) is 44.9 Å². The largest absolute Gasteiger partial charge is 0.619 e. The van der Waals surface area contributed by atoms with E-state index in [4.69, 9.17) is 4.74 Å². The highest BCUT2D eigenvalue weighted by Crippen LogP contribution is 2.61. The van der Waals surface area contributed by atoms with Gasteiger partial charge in [-0.2, -0.15) is 4.73 Å². The van der Waals surface area contributed by atoms with E-state index in [1.165, 1.54) is 63.1 Å².